The van der Waals surface area contributed by atoms with E-state index in [2.05, 4.69) is 10.6 Å². The second-order valence-corrected chi connectivity index (χ2v) is 6.06. The molecule has 1 aliphatic rings. The number of likely N-dealkylation sites (tertiary alicyclic amines) is 1. The third kappa shape index (κ3) is 5.04. The molecule has 0 radical (unpaired) electrons. The molecule has 3 amide bonds. The number of hydrogen-bond donors (Lipinski definition) is 3. The molecule has 0 saturated carbocycles. The maximum Gasteiger partial charge on any atom is 0.374 e. The summed E-state index contributed by atoms with van der Waals surface area (Å²) < 4.78 is 0. The maximum atomic E-state index is 12.7. The Balaban J connectivity index is 2.77. The fourth-order valence-corrected chi connectivity index (χ4v) is 2.58. The van der Waals surface area contributed by atoms with E-state index >= 15 is 0 Å². The maximum absolute atomic E-state index is 12.7. The van der Waals surface area contributed by atoms with Crippen molar-refractivity contribution < 1.29 is 29.1 Å². The first-order chi connectivity index (χ1) is 11.1. The van der Waals surface area contributed by atoms with Crippen molar-refractivity contribution in [2.24, 2.45) is 5.92 Å². The molecule has 0 bridgehead atoms. The molecular weight excluding hydrogens is 318 g/mol. The fraction of sp³-hybridized carbons (Fsp3) is 0.667. The zero-order valence-corrected chi connectivity index (χ0v) is 14.0. The van der Waals surface area contributed by atoms with Crippen LogP contribution in [0, 0.1) is 5.92 Å². The molecule has 1 rings (SSSR count). The van der Waals surface area contributed by atoms with Gasteiger partial charge in [0.25, 0.3) is 5.78 Å². The highest BCUT2D eigenvalue weighted by Crippen LogP contribution is 2.20. The van der Waals surface area contributed by atoms with Crippen LogP contribution in [0.2, 0.25) is 0 Å². The van der Waals surface area contributed by atoms with Gasteiger partial charge in [-0.2, -0.15) is 0 Å². The predicted molar refractivity (Wildman–Crippen MR) is 82.8 cm³/mol. The van der Waals surface area contributed by atoms with Gasteiger partial charge in [0.1, 0.15) is 12.1 Å². The SMILES string of the molecule is CC(=O)NC(C(=O)N1CCCC1C(=O)NCC(=O)C(=O)O)C(C)C. The number of carbonyl (C=O) groups excluding carboxylic acids is 4. The van der Waals surface area contributed by atoms with Gasteiger partial charge < -0.3 is 20.6 Å². The van der Waals surface area contributed by atoms with Crippen molar-refractivity contribution >= 4 is 29.5 Å². The van der Waals surface area contributed by atoms with E-state index in [-0.39, 0.29) is 17.7 Å². The van der Waals surface area contributed by atoms with Gasteiger partial charge in [0, 0.05) is 13.5 Å². The highest BCUT2D eigenvalue weighted by atomic mass is 16.4. The molecule has 9 nitrogen and oxygen atoms in total. The fourth-order valence-electron chi connectivity index (χ4n) is 2.58. The summed E-state index contributed by atoms with van der Waals surface area (Å²) in [6.45, 7) is 4.64. The first kappa shape index (κ1) is 19.6. The monoisotopic (exact) mass is 341 g/mol. The molecule has 2 unspecified atom stereocenters. The second-order valence-electron chi connectivity index (χ2n) is 6.06. The Morgan fingerprint density at radius 2 is 1.83 bits per heavy atom. The Labute approximate surface area is 139 Å². The molecular formula is C15H23N3O6. The lowest BCUT2D eigenvalue weighted by atomic mass is 10.0. The zero-order valence-electron chi connectivity index (χ0n) is 14.0. The van der Waals surface area contributed by atoms with Crippen molar-refractivity contribution in [2.45, 2.75) is 45.7 Å². The number of ketones is 1. The molecule has 0 spiro atoms. The molecule has 1 saturated heterocycles. The lowest BCUT2D eigenvalue weighted by Gasteiger charge is -2.30. The van der Waals surface area contributed by atoms with Crippen LogP contribution in [0.15, 0.2) is 0 Å². The zero-order chi connectivity index (χ0) is 18.4. The van der Waals surface area contributed by atoms with E-state index in [4.69, 9.17) is 5.11 Å². The molecule has 1 aliphatic heterocycles. The molecule has 1 heterocycles. The molecule has 0 aromatic carbocycles. The van der Waals surface area contributed by atoms with Crippen LogP contribution < -0.4 is 10.6 Å². The number of amides is 3. The van der Waals surface area contributed by atoms with Crippen molar-refractivity contribution in [3.63, 3.8) is 0 Å². The van der Waals surface area contributed by atoms with E-state index in [0.717, 1.165) is 0 Å². The van der Waals surface area contributed by atoms with Crippen molar-refractivity contribution in [1.82, 2.24) is 15.5 Å². The van der Waals surface area contributed by atoms with Crippen molar-refractivity contribution in [1.29, 1.82) is 0 Å². The number of aliphatic carboxylic acids is 1. The van der Waals surface area contributed by atoms with Crippen LogP contribution in [-0.4, -0.2) is 64.7 Å². The van der Waals surface area contributed by atoms with Crippen LogP contribution >= 0.6 is 0 Å². The number of Topliss-reactive ketones (excluding diaryl/α,β-unsaturated/α-hetero) is 1. The normalized spacial score (nSPS) is 18.2. The van der Waals surface area contributed by atoms with Crippen molar-refractivity contribution in [3.8, 4) is 0 Å². The quantitative estimate of drug-likeness (QED) is 0.504. The van der Waals surface area contributed by atoms with Crippen molar-refractivity contribution in [3.05, 3.63) is 0 Å². The molecule has 24 heavy (non-hydrogen) atoms. The Morgan fingerprint density at radius 1 is 1.21 bits per heavy atom. The lowest BCUT2D eigenvalue weighted by molar-refractivity contribution is -0.149. The number of carbonyl (C=O) groups is 5. The van der Waals surface area contributed by atoms with Crippen molar-refractivity contribution in [2.75, 3.05) is 13.1 Å². The van der Waals surface area contributed by atoms with Gasteiger partial charge in [-0.1, -0.05) is 13.8 Å². The summed E-state index contributed by atoms with van der Waals surface area (Å²) in [6, 6.07) is -1.51. The molecule has 2 atom stereocenters. The van der Waals surface area contributed by atoms with Gasteiger partial charge in [-0.05, 0) is 18.8 Å². The summed E-state index contributed by atoms with van der Waals surface area (Å²) in [7, 11) is 0. The van der Waals surface area contributed by atoms with Gasteiger partial charge in [-0.15, -0.1) is 0 Å². The summed E-state index contributed by atoms with van der Waals surface area (Å²) in [6.07, 6.45) is 1.03. The first-order valence-electron chi connectivity index (χ1n) is 7.76. The number of carboxylic acids is 1. The van der Waals surface area contributed by atoms with E-state index in [0.29, 0.717) is 19.4 Å². The number of hydrogen-bond acceptors (Lipinski definition) is 5. The standard InChI is InChI=1S/C15H23N3O6/c1-8(2)12(17-9(3)19)14(22)18-6-4-5-10(18)13(21)16-7-11(20)15(23)24/h8,10,12H,4-7H2,1-3H3,(H,16,21)(H,17,19)(H,23,24). The average Bonchev–Trinajstić information content (AvgIpc) is 2.98. The minimum atomic E-state index is -1.62. The van der Waals surface area contributed by atoms with Gasteiger partial charge in [-0.3, -0.25) is 19.2 Å². The third-order valence-electron chi connectivity index (χ3n) is 3.79. The van der Waals surface area contributed by atoms with Gasteiger partial charge in [0.15, 0.2) is 0 Å². The average molecular weight is 341 g/mol. The van der Waals surface area contributed by atoms with E-state index in [1.165, 1.54) is 11.8 Å². The highest BCUT2D eigenvalue weighted by Gasteiger charge is 2.38. The Kier molecular flexibility index (Phi) is 6.87. The minimum absolute atomic E-state index is 0.153. The van der Waals surface area contributed by atoms with Crippen LogP contribution in [0.5, 0.6) is 0 Å². The Bertz CT molecular complexity index is 545. The molecule has 3 N–H and O–H groups in total. The molecule has 1 fully saturated rings. The largest absolute Gasteiger partial charge is 0.475 e. The number of rotatable bonds is 7. The Morgan fingerprint density at radius 3 is 2.33 bits per heavy atom. The molecule has 0 aliphatic carbocycles. The number of nitrogens with one attached hydrogen (secondary N) is 2. The van der Waals surface area contributed by atoms with Crippen LogP contribution in [0.1, 0.15) is 33.6 Å². The van der Waals surface area contributed by atoms with E-state index < -0.39 is 36.3 Å². The van der Waals surface area contributed by atoms with Crippen LogP contribution in [0.4, 0.5) is 0 Å². The van der Waals surface area contributed by atoms with Crippen LogP contribution in [0.25, 0.3) is 0 Å². The van der Waals surface area contributed by atoms with Gasteiger partial charge in [0.2, 0.25) is 17.7 Å². The summed E-state index contributed by atoms with van der Waals surface area (Å²) in [5.74, 6) is -4.17. The van der Waals surface area contributed by atoms with E-state index in [9.17, 15) is 24.0 Å². The summed E-state index contributed by atoms with van der Waals surface area (Å²) in [4.78, 5) is 59.0. The predicted octanol–water partition coefficient (Wildman–Crippen LogP) is -1.09. The summed E-state index contributed by atoms with van der Waals surface area (Å²) in [5, 5.41) is 13.3. The minimum Gasteiger partial charge on any atom is -0.475 e. The number of carboxylic acid groups (broad SMARTS) is 1. The molecule has 134 valence electrons. The second kappa shape index (κ2) is 8.42. The number of nitrogens with zero attached hydrogens (tertiary/aromatic N) is 1. The van der Waals surface area contributed by atoms with Gasteiger partial charge in [0.05, 0.1) is 6.54 Å². The smallest absolute Gasteiger partial charge is 0.374 e. The molecule has 0 aromatic rings. The Hall–Kier alpha value is -2.45. The van der Waals surface area contributed by atoms with Gasteiger partial charge >= 0.3 is 5.97 Å². The third-order valence-corrected chi connectivity index (χ3v) is 3.79. The topological polar surface area (TPSA) is 133 Å². The molecule has 9 heteroatoms. The highest BCUT2D eigenvalue weighted by molar-refractivity contribution is 6.33. The summed E-state index contributed by atoms with van der Waals surface area (Å²) >= 11 is 0. The summed E-state index contributed by atoms with van der Waals surface area (Å²) in [5.41, 5.74) is 0. The first-order valence-corrected chi connectivity index (χ1v) is 7.76. The van der Waals surface area contributed by atoms with E-state index in [1.807, 2.05) is 0 Å². The van der Waals surface area contributed by atoms with E-state index in [1.54, 1.807) is 13.8 Å². The van der Waals surface area contributed by atoms with Crippen LogP contribution in [-0.2, 0) is 24.0 Å². The molecule has 0 aromatic heterocycles. The van der Waals surface area contributed by atoms with Gasteiger partial charge in [-0.25, -0.2) is 4.79 Å². The van der Waals surface area contributed by atoms with Crippen LogP contribution in [0.3, 0.4) is 0 Å². The lowest BCUT2D eigenvalue weighted by Crippen LogP contribution is -2.55.